The number of halogens is 1. The summed E-state index contributed by atoms with van der Waals surface area (Å²) >= 11 is 6.16. The Morgan fingerprint density at radius 2 is 1.64 bits per heavy atom. The minimum absolute atomic E-state index is 0.274. The standard InChI is InChI=1S/C22H18ClNO/c1-15-7-9-16(10-8-15)14-24-20-12-11-18(23)13-19(20)22(25)21(24)17-5-3-2-4-6-17/h2-13,25H,14H2,1H3. The molecule has 3 heteroatoms. The quantitative estimate of drug-likeness (QED) is 0.481. The van der Waals surface area contributed by atoms with Crippen molar-refractivity contribution in [2.24, 2.45) is 0 Å². The van der Waals surface area contributed by atoms with Crippen molar-refractivity contribution in [2.45, 2.75) is 13.5 Å². The molecule has 0 fully saturated rings. The van der Waals surface area contributed by atoms with E-state index >= 15 is 0 Å². The fraction of sp³-hybridized carbons (Fsp3) is 0.0909. The Balaban J connectivity index is 1.95. The van der Waals surface area contributed by atoms with Crippen LogP contribution in [-0.4, -0.2) is 9.67 Å². The van der Waals surface area contributed by atoms with Gasteiger partial charge in [0.25, 0.3) is 0 Å². The smallest absolute Gasteiger partial charge is 0.149 e. The molecule has 0 amide bonds. The van der Waals surface area contributed by atoms with Crippen LogP contribution in [0.4, 0.5) is 0 Å². The molecule has 3 aromatic carbocycles. The van der Waals surface area contributed by atoms with Crippen LogP contribution in [0.15, 0.2) is 72.8 Å². The van der Waals surface area contributed by atoms with Crippen molar-refractivity contribution in [1.82, 2.24) is 4.57 Å². The van der Waals surface area contributed by atoms with Gasteiger partial charge in [-0.05, 0) is 30.7 Å². The molecule has 1 heterocycles. The summed E-state index contributed by atoms with van der Waals surface area (Å²) in [6.45, 7) is 2.77. The van der Waals surface area contributed by atoms with Crippen LogP contribution in [0.5, 0.6) is 5.75 Å². The van der Waals surface area contributed by atoms with Gasteiger partial charge in [0.05, 0.1) is 11.2 Å². The summed E-state index contributed by atoms with van der Waals surface area (Å²) in [5.74, 6) is 0.274. The summed E-state index contributed by atoms with van der Waals surface area (Å²) in [5.41, 5.74) is 5.20. The summed E-state index contributed by atoms with van der Waals surface area (Å²) in [6.07, 6.45) is 0. The first-order chi connectivity index (χ1) is 12.1. The van der Waals surface area contributed by atoms with Crippen LogP contribution in [0.3, 0.4) is 0 Å². The predicted molar refractivity (Wildman–Crippen MR) is 104 cm³/mol. The molecule has 0 atom stereocenters. The molecule has 0 aliphatic rings. The monoisotopic (exact) mass is 347 g/mol. The van der Waals surface area contributed by atoms with Crippen molar-refractivity contribution in [3.63, 3.8) is 0 Å². The van der Waals surface area contributed by atoms with Gasteiger partial charge in [0.15, 0.2) is 0 Å². The summed E-state index contributed by atoms with van der Waals surface area (Å²) in [7, 11) is 0. The molecule has 0 radical (unpaired) electrons. The predicted octanol–water partition coefficient (Wildman–Crippen LogP) is 6.02. The van der Waals surface area contributed by atoms with Crippen molar-refractivity contribution >= 4 is 22.5 Å². The number of benzene rings is 3. The molecule has 0 bridgehead atoms. The van der Waals surface area contributed by atoms with Crippen LogP contribution < -0.4 is 0 Å². The van der Waals surface area contributed by atoms with Crippen LogP contribution >= 0.6 is 11.6 Å². The largest absolute Gasteiger partial charge is 0.505 e. The molecule has 25 heavy (non-hydrogen) atoms. The highest BCUT2D eigenvalue weighted by Crippen LogP contribution is 2.40. The van der Waals surface area contributed by atoms with Gasteiger partial charge < -0.3 is 9.67 Å². The zero-order valence-corrected chi connectivity index (χ0v) is 14.7. The number of fused-ring (bicyclic) bond motifs is 1. The minimum Gasteiger partial charge on any atom is -0.505 e. The van der Waals surface area contributed by atoms with E-state index in [1.807, 2.05) is 48.5 Å². The molecule has 4 aromatic rings. The molecular weight excluding hydrogens is 330 g/mol. The van der Waals surface area contributed by atoms with Gasteiger partial charge in [0, 0.05) is 22.5 Å². The van der Waals surface area contributed by atoms with E-state index in [9.17, 15) is 5.11 Å². The molecule has 1 aromatic heterocycles. The van der Waals surface area contributed by atoms with Gasteiger partial charge in [0.1, 0.15) is 5.75 Å². The van der Waals surface area contributed by atoms with Crippen LogP contribution in [0.1, 0.15) is 11.1 Å². The molecule has 1 N–H and O–H groups in total. The highest BCUT2D eigenvalue weighted by molar-refractivity contribution is 6.31. The lowest BCUT2D eigenvalue weighted by Crippen LogP contribution is -2.01. The highest BCUT2D eigenvalue weighted by atomic mass is 35.5. The first-order valence-electron chi connectivity index (χ1n) is 8.25. The molecule has 124 valence electrons. The molecule has 0 unspecified atom stereocenters. The van der Waals surface area contributed by atoms with Crippen LogP contribution in [0, 0.1) is 6.92 Å². The van der Waals surface area contributed by atoms with Crippen molar-refractivity contribution in [3.8, 4) is 17.0 Å². The molecule has 0 saturated heterocycles. The number of nitrogens with zero attached hydrogens (tertiary/aromatic N) is 1. The van der Waals surface area contributed by atoms with Gasteiger partial charge >= 0.3 is 0 Å². The first kappa shape index (κ1) is 15.8. The third-order valence-corrected chi connectivity index (χ3v) is 4.74. The molecule has 0 spiro atoms. The minimum atomic E-state index is 0.274. The second kappa shape index (κ2) is 6.30. The van der Waals surface area contributed by atoms with E-state index in [4.69, 9.17) is 11.6 Å². The maximum atomic E-state index is 10.9. The van der Waals surface area contributed by atoms with E-state index in [0.29, 0.717) is 11.6 Å². The zero-order chi connectivity index (χ0) is 17.4. The Labute approximate surface area is 151 Å². The molecule has 0 saturated carbocycles. The van der Waals surface area contributed by atoms with E-state index in [0.717, 1.165) is 22.2 Å². The Morgan fingerprint density at radius 3 is 2.36 bits per heavy atom. The second-order valence-electron chi connectivity index (χ2n) is 6.30. The Hall–Kier alpha value is -2.71. The van der Waals surface area contributed by atoms with Crippen molar-refractivity contribution in [2.75, 3.05) is 0 Å². The van der Waals surface area contributed by atoms with Crippen molar-refractivity contribution in [3.05, 3.63) is 88.9 Å². The van der Waals surface area contributed by atoms with Gasteiger partial charge in [-0.2, -0.15) is 0 Å². The number of aryl methyl sites for hydroxylation is 1. The normalized spacial score (nSPS) is 11.1. The maximum Gasteiger partial charge on any atom is 0.149 e. The van der Waals surface area contributed by atoms with Crippen LogP contribution in [0.25, 0.3) is 22.2 Å². The SMILES string of the molecule is Cc1ccc(Cn2c(-c3ccccc3)c(O)c3cc(Cl)ccc32)cc1. The third kappa shape index (κ3) is 2.90. The van der Waals surface area contributed by atoms with Gasteiger partial charge in [-0.25, -0.2) is 0 Å². The first-order valence-corrected chi connectivity index (χ1v) is 8.63. The van der Waals surface area contributed by atoms with E-state index in [1.165, 1.54) is 11.1 Å². The molecule has 4 rings (SSSR count). The second-order valence-corrected chi connectivity index (χ2v) is 6.73. The van der Waals surface area contributed by atoms with E-state index in [-0.39, 0.29) is 5.75 Å². The Bertz CT molecular complexity index is 1030. The van der Waals surface area contributed by atoms with E-state index in [2.05, 4.69) is 35.8 Å². The van der Waals surface area contributed by atoms with Crippen molar-refractivity contribution < 1.29 is 5.11 Å². The highest BCUT2D eigenvalue weighted by Gasteiger charge is 2.18. The fourth-order valence-electron chi connectivity index (χ4n) is 3.24. The summed E-state index contributed by atoms with van der Waals surface area (Å²) < 4.78 is 2.15. The van der Waals surface area contributed by atoms with Gasteiger partial charge in [-0.1, -0.05) is 71.8 Å². The summed E-state index contributed by atoms with van der Waals surface area (Å²) in [5, 5.41) is 12.3. The summed E-state index contributed by atoms with van der Waals surface area (Å²) in [6, 6.07) is 24.1. The number of rotatable bonds is 3. The number of hydrogen-bond donors (Lipinski definition) is 1. The van der Waals surface area contributed by atoms with Gasteiger partial charge in [-0.3, -0.25) is 0 Å². The van der Waals surface area contributed by atoms with Crippen LogP contribution in [0.2, 0.25) is 5.02 Å². The molecule has 0 aliphatic carbocycles. The topological polar surface area (TPSA) is 25.2 Å². The lowest BCUT2D eigenvalue weighted by molar-refractivity contribution is 0.481. The third-order valence-electron chi connectivity index (χ3n) is 4.51. The van der Waals surface area contributed by atoms with Crippen LogP contribution in [-0.2, 0) is 6.54 Å². The number of aromatic nitrogens is 1. The van der Waals surface area contributed by atoms with Crippen molar-refractivity contribution in [1.29, 1.82) is 0 Å². The molecule has 2 nitrogen and oxygen atoms in total. The average molecular weight is 348 g/mol. The zero-order valence-electron chi connectivity index (χ0n) is 13.9. The summed E-state index contributed by atoms with van der Waals surface area (Å²) in [4.78, 5) is 0. The fourth-order valence-corrected chi connectivity index (χ4v) is 3.41. The lowest BCUT2D eigenvalue weighted by Gasteiger charge is -2.12. The van der Waals surface area contributed by atoms with Gasteiger partial charge in [-0.15, -0.1) is 0 Å². The van der Waals surface area contributed by atoms with E-state index < -0.39 is 0 Å². The van der Waals surface area contributed by atoms with Gasteiger partial charge in [0.2, 0.25) is 0 Å². The number of hydrogen-bond acceptors (Lipinski definition) is 1. The number of aromatic hydroxyl groups is 1. The molecule has 0 aliphatic heterocycles. The Kier molecular flexibility index (Phi) is 3.98. The maximum absolute atomic E-state index is 10.9. The Morgan fingerprint density at radius 1 is 0.920 bits per heavy atom. The average Bonchev–Trinajstić information content (AvgIpc) is 2.89. The lowest BCUT2D eigenvalue weighted by atomic mass is 10.1. The van der Waals surface area contributed by atoms with E-state index in [1.54, 1.807) is 0 Å². The molecular formula is C22H18ClNO.